The molecule has 0 N–H and O–H groups in total. The molecule has 0 saturated carbocycles. The van der Waals surface area contributed by atoms with Gasteiger partial charge in [0.15, 0.2) is 0 Å². The van der Waals surface area contributed by atoms with Gasteiger partial charge >= 0.3 is 0 Å². The fourth-order valence-corrected chi connectivity index (χ4v) is 2.06. The van der Waals surface area contributed by atoms with Crippen LogP contribution < -0.4 is 0 Å². The summed E-state index contributed by atoms with van der Waals surface area (Å²) in [6.07, 6.45) is 5.13. The van der Waals surface area contributed by atoms with Crippen LogP contribution >= 0.6 is 15.9 Å². The van der Waals surface area contributed by atoms with E-state index < -0.39 is 0 Å². The molecule has 0 unspecified atom stereocenters. The summed E-state index contributed by atoms with van der Waals surface area (Å²) in [5.41, 5.74) is 1.46. The van der Waals surface area contributed by atoms with Crippen molar-refractivity contribution in [3.63, 3.8) is 0 Å². The Balaban J connectivity index is 2.20. The molecule has 0 atom stereocenters. The van der Waals surface area contributed by atoms with E-state index in [2.05, 4.69) is 25.9 Å². The van der Waals surface area contributed by atoms with Gasteiger partial charge in [-0.25, -0.2) is 4.98 Å². The summed E-state index contributed by atoms with van der Waals surface area (Å²) in [5.74, 6) is -0.0728. The zero-order valence-corrected chi connectivity index (χ0v) is 13.0. The largest absolute Gasteiger partial charge is 0.331 e. The normalized spacial score (nSPS) is 10.6. The number of hydrogen-bond acceptors (Lipinski definition) is 3. The highest BCUT2D eigenvalue weighted by Crippen LogP contribution is 2.13. The zero-order valence-electron chi connectivity index (χ0n) is 11.5. The van der Waals surface area contributed by atoms with E-state index in [1.54, 1.807) is 29.6 Å². The van der Waals surface area contributed by atoms with Crippen LogP contribution in [-0.4, -0.2) is 26.8 Å². The third-order valence-electron chi connectivity index (χ3n) is 2.91. The van der Waals surface area contributed by atoms with Crippen LogP contribution in [0.5, 0.6) is 0 Å². The lowest BCUT2D eigenvalue weighted by molar-refractivity contribution is 0.0684. The van der Waals surface area contributed by atoms with Crippen molar-refractivity contribution in [3.05, 3.63) is 58.6 Å². The van der Waals surface area contributed by atoms with Crippen LogP contribution in [0.15, 0.2) is 47.3 Å². The van der Waals surface area contributed by atoms with Crippen molar-refractivity contribution < 1.29 is 4.79 Å². The molecular formula is C15H16BrN3O. The van der Waals surface area contributed by atoms with E-state index in [1.807, 2.05) is 32.0 Å². The Hall–Kier alpha value is -1.75. The van der Waals surface area contributed by atoms with Crippen molar-refractivity contribution >= 4 is 21.8 Å². The highest BCUT2D eigenvalue weighted by atomic mass is 79.9. The average molecular weight is 334 g/mol. The number of rotatable bonds is 4. The number of hydrogen-bond donors (Lipinski definition) is 0. The number of pyridine rings is 2. The molecule has 0 aliphatic rings. The third kappa shape index (κ3) is 3.63. The SMILES string of the molecule is CC(C)N(Cc1cccnc1)C(=O)c1ccc(Br)cn1. The first-order chi connectivity index (χ1) is 9.58. The smallest absolute Gasteiger partial charge is 0.272 e. The van der Waals surface area contributed by atoms with Gasteiger partial charge in [0.05, 0.1) is 0 Å². The van der Waals surface area contributed by atoms with E-state index in [1.165, 1.54) is 0 Å². The highest BCUT2D eigenvalue weighted by Gasteiger charge is 2.20. The summed E-state index contributed by atoms with van der Waals surface area (Å²) in [4.78, 5) is 22.6. The lowest BCUT2D eigenvalue weighted by Crippen LogP contribution is -2.36. The van der Waals surface area contributed by atoms with Gasteiger partial charge < -0.3 is 4.90 Å². The Morgan fingerprint density at radius 2 is 2.10 bits per heavy atom. The van der Waals surface area contributed by atoms with Crippen LogP contribution in [0.25, 0.3) is 0 Å². The van der Waals surface area contributed by atoms with Crippen molar-refractivity contribution in [1.82, 2.24) is 14.9 Å². The van der Waals surface area contributed by atoms with Crippen LogP contribution in [0, 0.1) is 0 Å². The first-order valence-corrected chi connectivity index (χ1v) is 7.18. The number of carbonyl (C=O) groups is 1. The van der Waals surface area contributed by atoms with E-state index in [0.717, 1.165) is 10.0 Å². The summed E-state index contributed by atoms with van der Waals surface area (Å²) >= 11 is 3.32. The molecule has 4 nitrogen and oxygen atoms in total. The lowest BCUT2D eigenvalue weighted by Gasteiger charge is -2.26. The van der Waals surface area contributed by atoms with Crippen LogP contribution in [-0.2, 0) is 6.54 Å². The van der Waals surface area contributed by atoms with Gasteiger partial charge in [0.1, 0.15) is 5.69 Å². The van der Waals surface area contributed by atoms with Crippen LogP contribution in [0.3, 0.4) is 0 Å². The molecule has 0 aliphatic heterocycles. The maximum atomic E-state index is 12.5. The molecule has 2 aromatic heterocycles. The molecule has 0 aromatic carbocycles. The number of aromatic nitrogens is 2. The Kier molecular flexibility index (Phi) is 4.84. The second-order valence-corrected chi connectivity index (χ2v) is 5.67. The van der Waals surface area contributed by atoms with Crippen LogP contribution in [0.1, 0.15) is 29.9 Å². The van der Waals surface area contributed by atoms with Crippen molar-refractivity contribution in [2.75, 3.05) is 0 Å². The summed E-state index contributed by atoms with van der Waals surface area (Å²) in [7, 11) is 0. The van der Waals surface area contributed by atoms with Crippen molar-refractivity contribution in [2.24, 2.45) is 0 Å². The summed E-state index contributed by atoms with van der Waals surface area (Å²) in [5, 5.41) is 0. The molecule has 0 radical (unpaired) electrons. The molecule has 20 heavy (non-hydrogen) atoms. The maximum absolute atomic E-state index is 12.5. The lowest BCUT2D eigenvalue weighted by atomic mass is 10.2. The number of halogens is 1. The molecule has 0 saturated heterocycles. The predicted octanol–water partition coefficient (Wildman–Crippen LogP) is 3.29. The molecule has 2 heterocycles. The van der Waals surface area contributed by atoms with Gasteiger partial charge in [-0.3, -0.25) is 9.78 Å². The summed E-state index contributed by atoms with van der Waals surface area (Å²) in [6, 6.07) is 7.47. The molecule has 0 aliphatic carbocycles. The minimum Gasteiger partial charge on any atom is -0.331 e. The standard InChI is InChI=1S/C15H16BrN3O/c1-11(2)19(10-12-4-3-7-17-8-12)15(20)14-6-5-13(16)9-18-14/h3-9,11H,10H2,1-2H3. The van der Waals surface area contributed by atoms with Crippen molar-refractivity contribution in [2.45, 2.75) is 26.4 Å². The molecule has 1 amide bonds. The Bertz CT molecular complexity index is 569. The highest BCUT2D eigenvalue weighted by molar-refractivity contribution is 9.10. The summed E-state index contributed by atoms with van der Waals surface area (Å²) < 4.78 is 0.859. The van der Waals surface area contributed by atoms with E-state index in [0.29, 0.717) is 12.2 Å². The van der Waals surface area contributed by atoms with Gasteiger partial charge in [-0.2, -0.15) is 0 Å². The van der Waals surface area contributed by atoms with Crippen LogP contribution in [0.2, 0.25) is 0 Å². The van der Waals surface area contributed by atoms with Gasteiger partial charge in [-0.05, 0) is 53.5 Å². The number of amides is 1. The Labute approximate surface area is 127 Å². The zero-order chi connectivity index (χ0) is 14.5. The number of nitrogens with zero attached hydrogens (tertiary/aromatic N) is 3. The number of carbonyl (C=O) groups excluding carboxylic acids is 1. The second-order valence-electron chi connectivity index (χ2n) is 4.75. The van der Waals surface area contributed by atoms with E-state index >= 15 is 0 Å². The molecule has 0 fully saturated rings. The van der Waals surface area contributed by atoms with Gasteiger partial charge in [0.25, 0.3) is 5.91 Å². The quantitative estimate of drug-likeness (QED) is 0.862. The van der Waals surface area contributed by atoms with E-state index in [9.17, 15) is 4.79 Å². The molecule has 104 valence electrons. The second kappa shape index (κ2) is 6.61. The first kappa shape index (κ1) is 14.7. The molecule has 0 bridgehead atoms. The summed E-state index contributed by atoms with van der Waals surface area (Å²) in [6.45, 7) is 4.52. The predicted molar refractivity (Wildman–Crippen MR) is 81.2 cm³/mol. The monoisotopic (exact) mass is 333 g/mol. The van der Waals surface area contributed by atoms with Gasteiger partial charge in [0, 0.05) is 35.6 Å². The van der Waals surface area contributed by atoms with Crippen molar-refractivity contribution in [3.8, 4) is 0 Å². The van der Waals surface area contributed by atoms with Gasteiger partial charge in [-0.1, -0.05) is 6.07 Å². The molecule has 0 spiro atoms. The van der Waals surface area contributed by atoms with E-state index in [4.69, 9.17) is 0 Å². The molecule has 2 rings (SSSR count). The minimum atomic E-state index is -0.0728. The fourth-order valence-electron chi connectivity index (χ4n) is 1.83. The maximum Gasteiger partial charge on any atom is 0.272 e. The molecular weight excluding hydrogens is 318 g/mol. The molecule has 5 heteroatoms. The fraction of sp³-hybridized carbons (Fsp3) is 0.267. The van der Waals surface area contributed by atoms with Crippen molar-refractivity contribution in [1.29, 1.82) is 0 Å². The van der Waals surface area contributed by atoms with E-state index in [-0.39, 0.29) is 11.9 Å². The topological polar surface area (TPSA) is 46.1 Å². The Morgan fingerprint density at radius 3 is 2.65 bits per heavy atom. The van der Waals surface area contributed by atoms with Crippen LogP contribution in [0.4, 0.5) is 0 Å². The molecule has 2 aromatic rings. The average Bonchev–Trinajstić information content (AvgIpc) is 2.45. The Morgan fingerprint density at radius 1 is 1.30 bits per heavy atom. The minimum absolute atomic E-state index is 0.0728. The first-order valence-electron chi connectivity index (χ1n) is 6.39. The van der Waals surface area contributed by atoms with Gasteiger partial charge in [-0.15, -0.1) is 0 Å². The van der Waals surface area contributed by atoms with Gasteiger partial charge in [0.2, 0.25) is 0 Å². The third-order valence-corrected chi connectivity index (χ3v) is 3.38.